The van der Waals surface area contributed by atoms with E-state index in [2.05, 4.69) is 15.2 Å². The Labute approximate surface area is 103 Å². The Morgan fingerprint density at radius 1 is 1.50 bits per heavy atom. The molecule has 0 saturated heterocycles. The minimum atomic E-state index is -0.465. The van der Waals surface area contributed by atoms with Crippen molar-refractivity contribution in [3.05, 3.63) is 44.5 Å². The zero-order valence-electron chi connectivity index (χ0n) is 9.94. The van der Waals surface area contributed by atoms with E-state index in [0.29, 0.717) is 17.7 Å². The summed E-state index contributed by atoms with van der Waals surface area (Å²) in [6.45, 7) is 3.43. The van der Waals surface area contributed by atoms with Crippen molar-refractivity contribution in [3.8, 4) is 6.07 Å². The highest BCUT2D eigenvalue weighted by molar-refractivity contribution is 5.53. The number of H-pyrrole nitrogens is 2. The predicted octanol–water partition coefficient (Wildman–Crippen LogP) is 1.73. The first kappa shape index (κ1) is 11.9. The average Bonchev–Trinajstić information content (AvgIpc) is 2.84. The molecule has 2 aromatic rings. The molecule has 2 rings (SSSR count). The van der Waals surface area contributed by atoms with Crippen LogP contribution in [0, 0.1) is 35.3 Å². The molecule has 7 nitrogen and oxygen atoms in total. The molecule has 0 aromatic carbocycles. The third kappa shape index (κ3) is 1.84. The second-order valence-electron chi connectivity index (χ2n) is 4.03. The predicted molar refractivity (Wildman–Crippen MR) is 63.0 cm³/mol. The number of nitrogens with one attached hydrogen (secondary N) is 2. The average molecular weight is 245 g/mol. The Hall–Kier alpha value is -2.62. The molecule has 2 aromatic heterocycles. The summed E-state index contributed by atoms with van der Waals surface area (Å²) in [6, 6.07) is 1.92. The molecule has 7 heteroatoms. The maximum atomic E-state index is 11.0. The van der Waals surface area contributed by atoms with E-state index in [1.54, 1.807) is 13.1 Å². The van der Waals surface area contributed by atoms with Gasteiger partial charge in [0, 0.05) is 12.1 Å². The third-order valence-electron chi connectivity index (χ3n) is 2.87. The van der Waals surface area contributed by atoms with E-state index >= 15 is 0 Å². The monoisotopic (exact) mass is 245 g/mol. The van der Waals surface area contributed by atoms with Crippen molar-refractivity contribution in [2.24, 2.45) is 0 Å². The van der Waals surface area contributed by atoms with Gasteiger partial charge in [0.1, 0.15) is 17.5 Å². The first-order valence-corrected chi connectivity index (χ1v) is 5.29. The normalized spacial score (nSPS) is 10.3. The highest BCUT2D eigenvalue weighted by Gasteiger charge is 2.24. The summed E-state index contributed by atoms with van der Waals surface area (Å²) in [5.41, 5.74) is 2.71. The number of nitriles is 1. The Kier molecular flexibility index (Phi) is 2.85. The standard InChI is InChI=1S/C11H11N5O2/c1-6-5-13-15-8(6)3-9-11(16(17)18)7(2)10(4-12)14-9/h5,14H,3H2,1-2H3,(H,13,15). The molecular weight excluding hydrogens is 234 g/mol. The lowest BCUT2D eigenvalue weighted by atomic mass is 10.1. The number of aromatic nitrogens is 3. The molecule has 2 N–H and O–H groups in total. The summed E-state index contributed by atoms with van der Waals surface area (Å²) < 4.78 is 0. The minimum absolute atomic E-state index is 0.0273. The van der Waals surface area contributed by atoms with Crippen LogP contribution in [0.15, 0.2) is 6.20 Å². The van der Waals surface area contributed by atoms with Gasteiger partial charge in [-0.1, -0.05) is 0 Å². The summed E-state index contributed by atoms with van der Waals surface area (Å²) in [5, 5.41) is 26.6. The Morgan fingerprint density at radius 2 is 2.22 bits per heavy atom. The lowest BCUT2D eigenvalue weighted by molar-refractivity contribution is -0.386. The van der Waals surface area contributed by atoms with Gasteiger partial charge in [0.25, 0.3) is 5.69 Å². The van der Waals surface area contributed by atoms with Crippen molar-refractivity contribution in [1.82, 2.24) is 15.2 Å². The van der Waals surface area contributed by atoms with Gasteiger partial charge in [-0.25, -0.2) is 0 Å². The highest BCUT2D eigenvalue weighted by atomic mass is 16.6. The van der Waals surface area contributed by atoms with Crippen LogP contribution in [-0.2, 0) is 6.42 Å². The van der Waals surface area contributed by atoms with Crippen molar-refractivity contribution in [1.29, 1.82) is 5.26 Å². The molecule has 0 bridgehead atoms. The first-order chi connectivity index (χ1) is 8.54. The van der Waals surface area contributed by atoms with E-state index in [1.165, 1.54) is 0 Å². The first-order valence-electron chi connectivity index (χ1n) is 5.29. The summed E-state index contributed by atoms with van der Waals surface area (Å²) in [7, 11) is 0. The van der Waals surface area contributed by atoms with Crippen molar-refractivity contribution in [2.45, 2.75) is 20.3 Å². The number of hydrogen-bond acceptors (Lipinski definition) is 4. The van der Waals surface area contributed by atoms with Crippen molar-refractivity contribution < 1.29 is 4.92 Å². The molecule has 0 aliphatic rings. The van der Waals surface area contributed by atoms with Crippen LogP contribution in [0.25, 0.3) is 0 Å². The zero-order valence-corrected chi connectivity index (χ0v) is 9.94. The van der Waals surface area contributed by atoms with Crippen LogP contribution in [0.4, 0.5) is 5.69 Å². The van der Waals surface area contributed by atoms with Gasteiger partial charge in [0.05, 0.1) is 16.7 Å². The fraction of sp³-hybridized carbons (Fsp3) is 0.273. The van der Waals surface area contributed by atoms with Gasteiger partial charge in [0.2, 0.25) is 0 Å². The van der Waals surface area contributed by atoms with Gasteiger partial charge in [-0.2, -0.15) is 10.4 Å². The molecule has 0 amide bonds. The van der Waals surface area contributed by atoms with E-state index < -0.39 is 4.92 Å². The van der Waals surface area contributed by atoms with E-state index in [9.17, 15) is 10.1 Å². The third-order valence-corrected chi connectivity index (χ3v) is 2.87. The van der Waals surface area contributed by atoms with Crippen molar-refractivity contribution >= 4 is 5.69 Å². The van der Waals surface area contributed by atoms with Gasteiger partial charge in [0.15, 0.2) is 0 Å². The topological polar surface area (TPSA) is 111 Å². The van der Waals surface area contributed by atoms with E-state index in [-0.39, 0.29) is 11.4 Å². The van der Waals surface area contributed by atoms with Crippen LogP contribution in [0.3, 0.4) is 0 Å². The largest absolute Gasteiger partial charge is 0.344 e. The molecule has 92 valence electrons. The molecule has 0 unspecified atom stereocenters. The molecule has 0 spiro atoms. The summed E-state index contributed by atoms with van der Waals surface area (Å²) in [4.78, 5) is 13.4. The van der Waals surface area contributed by atoms with Crippen molar-refractivity contribution in [3.63, 3.8) is 0 Å². The zero-order chi connectivity index (χ0) is 13.3. The molecule has 0 atom stereocenters. The molecule has 0 saturated carbocycles. The molecule has 18 heavy (non-hydrogen) atoms. The lowest BCUT2D eigenvalue weighted by Gasteiger charge is -1.97. The van der Waals surface area contributed by atoms with Gasteiger partial charge in [-0.05, 0) is 19.4 Å². The molecule has 2 heterocycles. The Balaban J connectivity index is 2.48. The van der Waals surface area contributed by atoms with Crippen molar-refractivity contribution in [2.75, 3.05) is 0 Å². The SMILES string of the molecule is Cc1cn[nH]c1Cc1[nH]c(C#N)c(C)c1[N+](=O)[O-]. The van der Waals surface area contributed by atoms with Crippen LogP contribution in [-0.4, -0.2) is 20.1 Å². The number of aryl methyl sites for hydroxylation is 1. The number of aromatic amines is 2. The summed E-state index contributed by atoms with van der Waals surface area (Å²) >= 11 is 0. The van der Waals surface area contributed by atoms with Crippen LogP contribution >= 0.6 is 0 Å². The van der Waals surface area contributed by atoms with Crippen LogP contribution in [0.2, 0.25) is 0 Å². The van der Waals surface area contributed by atoms with Crippen LogP contribution in [0.1, 0.15) is 28.2 Å². The summed E-state index contributed by atoms with van der Waals surface area (Å²) in [5.74, 6) is 0. The van der Waals surface area contributed by atoms with Gasteiger partial charge < -0.3 is 4.98 Å². The van der Waals surface area contributed by atoms with E-state index in [1.807, 2.05) is 13.0 Å². The van der Waals surface area contributed by atoms with Crippen LogP contribution in [0.5, 0.6) is 0 Å². The maximum absolute atomic E-state index is 11.0. The quantitative estimate of drug-likeness (QED) is 0.633. The van der Waals surface area contributed by atoms with Gasteiger partial charge >= 0.3 is 0 Å². The fourth-order valence-corrected chi connectivity index (χ4v) is 1.86. The number of rotatable bonds is 3. The summed E-state index contributed by atoms with van der Waals surface area (Å²) in [6.07, 6.45) is 1.98. The number of hydrogen-bond donors (Lipinski definition) is 2. The molecular formula is C11H11N5O2. The molecule has 0 aliphatic heterocycles. The second kappa shape index (κ2) is 4.33. The maximum Gasteiger partial charge on any atom is 0.294 e. The number of nitro groups is 1. The molecule has 0 radical (unpaired) electrons. The number of nitrogens with zero attached hydrogens (tertiary/aromatic N) is 3. The second-order valence-corrected chi connectivity index (χ2v) is 4.03. The van der Waals surface area contributed by atoms with E-state index in [0.717, 1.165) is 11.3 Å². The van der Waals surface area contributed by atoms with Gasteiger partial charge in [-0.3, -0.25) is 15.2 Å². The van der Waals surface area contributed by atoms with Gasteiger partial charge in [-0.15, -0.1) is 0 Å². The van der Waals surface area contributed by atoms with E-state index in [4.69, 9.17) is 5.26 Å². The Bertz CT molecular complexity index is 647. The minimum Gasteiger partial charge on any atom is -0.344 e. The van der Waals surface area contributed by atoms with Crippen LogP contribution < -0.4 is 0 Å². The molecule has 0 aliphatic carbocycles. The Morgan fingerprint density at radius 3 is 2.72 bits per heavy atom. The smallest absolute Gasteiger partial charge is 0.294 e. The lowest BCUT2D eigenvalue weighted by Crippen LogP contribution is -1.97. The molecule has 0 fully saturated rings. The fourth-order valence-electron chi connectivity index (χ4n) is 1.86. The highest BCUT2D eigenvalue weighted by Crippen LogP contribution is 2.28.